The first-order valence-electron chi connectivity index (χ1n) is 25.4. The first-order chi connectivity index (χ1) is 36.1. The molecular formula is C55H62Cl2FN7O9S. The van der Waals surface area contributed by atoms with Crippen molar-refractivity contribution in [2.45, 2.75) is 71.6 Å². The van der Waals surface area contributed by atoms with Crippen LogP contribution in [0.25, 0.3) is 31.8 Å². The number of thiophene rings is 1. The zero-order valence-corrected chi connectivity index (χ0v) is 45.4. The quantitative estimate of drug-likeness (QED) is 0.107. The fraction of sp³-hybridized carbons (Fsp3) is 0.473. The van der Waals surface area contributed by atoms with Crippen molar-refractivity contribution in [2.75, 3.05) is 97.4 Å². The molecule has 0 aliphatic carbocycles. The molecule has 3 fully saturated rings. The van der Waals surface area contributed by atoms with Crippen molar-refractivity contribution in [1.82, 2.24) is 29.7 Å². The number of esters is 1. The zero-order chi connectivity index (χ0) is 52.4. The standard InChI is InChI=1S/C55H62Cl2FN7O9S/c1-32-44-33(2)48(57)49(47(32)56)72-40(25-64-17-15-63(6)16-18-64)30-70-39-11-12-42(71-27-38-13-14-59-54(62-38)65-23-34(24-65)26-68-29-41-28-67-19-20-69-41)36(21-39)22-43(53(66)74-55(3,4)5)73-51-46-45(44)50(75-52(46)61-31-60-51)35-7-9-37(58)10-8-35/h7-14,21,31,34,40-41,43H,15-20,22-30H2,1-6H3/t40-,41+,43-/m1/s1. The second-order valence-corrected chi connectivity index (χ2v) is 22.3. The Balaban J connectivity index is 1.01. The van der Waals surface area contributed by atoms with Crippen molar-refractivity contribution in [2.24, 2.45) is 5.92 Å². The van der Waals surface area contributed by atoms with Crippen molar-refractivity contribution < 1.29 is 47.1 Å². The van der Waals surface area contributed by atoms with Crippen LogP contribution in [0.5, 0.6) is 23.1 Å². The lowest BCUT2D eigenvalue weighted by Crippen LogP contribution is -2.50. The van der Waals surface area contributed by atoms with Crippen LogP contribution in [0.4, 0.5) is 10.3 Å². The highest BCUT2D eigenvalue weighted by molar-refractivity contribution is 7.22. The molecule has 20 heteroatoms. The Labute approximate surface area is 450 Å². The summed E-state index contributed by atoms with van der Waals surface area (Å²) in [7, 11) is 2.12. The molecule has 3 aromatic heterocycles. The van der Waals surface area contributed by atoms with E-state index in [0.717, 1.165) is 49.7 Å². The molecule has 6 aromatic rings. The Kier molecular flexibility index (Phi) is 16.3. The summed E-state index contributed by atoms with van der Waals surface area (Å²) in [5.74, 6) is 1.37. The van der Waals surface area contributed by atoms with Crippen molar-refractivity contribution in [1.29, 1.82) is 0 Å². The average molecular weight is 1090 g/mol. The molecule has 16 nitrogen and oxygen atoms in total. The van der Waals surface area contributed by atoms with E-state index in [2.05, 4.69) is 26.7 Å². The van der Waals surface area contributed by atoms with Crippen LogP contribution in [0.1, 0.15) is 43.2 Å². The molecule has 5 aliphatic heterocycles. The second kappa shape index (κ2) is 23.0. The molecule has 4 bridgehead atoms. The van der Waals surface area contributed by atoms with Crippen LogP contribution in [-0.4, -0.2) is 152 Å². The van der Waals surface area contributed by atoms with Gasteiger partial charge < -0.3 is 47.7 Å². The maximum Gasteiger partial charge on any atom is 0.348 e. The maximum absolute atomic E-state index is 14.6. The topological polar surface area (TPSA) is 152 Å². The van der Waals surface area contributed by atoms with E-state index in [0.29, 0.717) is 122 Å². The van der Waals surface area contributed by atoms with E-state index in [1.807, 2.05) is 38.1 Å². The molecule has 11 rings (SSSR count). The summed E-state index contributed by atoms with van der Waals surface area (Å²) in [6.07, 6.45) is 1.29. The lowest BCUT2D eigenvalue weighted by atomic mass is 9.92. The van der Waals surface area contributed by atoms with Gasteiger partial charge in [0.1, 0.15) is 59.5 Å². The minimum atomic E-state index is -1.26. The minimum Gasteiger partial charge on any atom is -0.490 e. The second-order valence-electron chi connectivity index (χ2n) is 20.5. The van der Waals surface area contributed by atoms with Gasteiger partial charge in [0.25, 0.3) is 0 Å². The number of ether oxygens (including phenoxy) is 8. The van der Waals surface area contributed by atoms with Gasteiger partial charge in [0, 0.05) is 80.4 Å². The first-order valence-corrected chi connectivity index (χ1v) is 26.9. The molecular weight excluding hydrogens is 1020 g/mol. The van der Waals surface area contributed by atoms with Gasteiger partial charge in [-0.25, -0.2) is 29.1 Å². The summed E-state index contributed by atoms with van der Waals surface area (Å²) in [6, 6.07) is 13.6. The number of benzene rings is 3. The number of hydrogen-bond acceptors (Lipinski definition) is 17. The third-order valence-corrected chi connectivity index (χ3v) is 15.7. The highest BCUT2D eigenvalue weighted by Crippen LogP contribution is 2.53. The summed E-state index contributed by atoms with van der Waals surface area (Å²) >= 11 is 16.2. The summed E-state index contributed by atoms with van der Waals surface area (Å²) in [5.41, 5.74) is 3.82. The van der Waals surface area contributed by atoms with E-state index in [9.17, 15) is 9.18 Å². The zero-order valence-electron chi connectivity index (χ0n) is 43.0. The number of carbonyl (C=O) groups is 1. The van der Waals surface area contributed by atoms with Crippen LogP contribution >= 0.6 is 34.5 Å². The van der Waals surface area contributed by atoms with E-state index in [1.54, 1.807) is 39.1 Å². The largest absolute Gasteiger partial charge is 0.490 e. The molecule has 0 N–H and O–H groups in total. The molecule has 0 spiro atoms. The molecule has 3 atom stereocenters. The van der Waals surface area contributed by atoms with Crippen LogP contribution in [0.2, 0.25) is 10.0 Å². The molecule has 3 aromatic carbocycles. The number of hydrogen-bond donors (Lipinski definition) is 0. The summed E-state index contributed by atoms with van der Waals surface area (Å²) in [6.45, 7) is 17.9. The molecule has 0 radical (unpaired) electrons. The van der Waals surface area contributed by atoms with Crippen LogP contribution in [0, 0.1) is 25.6 Å². The highest BCUT2D eigenvalue weighted by atomic mass is 35.5. The Hall–Kier alpha value is -5.44. The summed E-state index contributed by atoms with van der Waals surface area (Å²) in [5, 5.41) is 1.15. The van der Waals surface area contributed by atoms with Crippen LogP contribution in [0.15, 0.2) is 61.1 Å². The van der Waals surface area contributed by atoms with Crippen molar-refractivity contribution in [3.8, 4) is 44.7 Å². The highest BCUT2D eigenvalue weighted by Gasteiger charge is 2.35. The van der Waals surface area contributed by atoms with E-state index in [-0.39, 0.29) is 37.4 Å². The Morgan fingerprint density at radius 2 is 1.67 bits per heavy atom. The number of carbonyl (C=O) groups excluding carboxylic acids is 1. The molecule has 75 heavy (non-hydrogen) atoms. The summed E-state index contributed by atoms with van der Waals surface area (Å²) < 4.78 is 64.8. The number of aromatic nitrogens is 4. The van der Waals surface area contributed by atoms with Gasteiger partial charge in [-0.3, -0.25) is 4.90 Å². The van der Waals surface area contributed by atoms with E-state index >= 15 is 0 Å². The average Bonchev–Trinajstić information content (AvgIpc) is 3.81. The van der Waals surface area contributed by atoms with E-state index in [1.165, 1.54) is 29.8 Å². The number of anilines is 1. The van der Waals surface area contributed by atoms with Gasteiger partial charge in [-0.1, -0.05) is 35.3 Å². The monoisotopic (exact) mass is 1090 g/mol. The number of rotatable bonds is 12. The number of nitrogens with zero attached hydrogens (tertiary/aromatic N) is 7. The molecule has 398 valence electrons. The summed E-state index contributed by atoms with van der Waals surface area (Å²) in [4.78, 5) is 41.6. The van der Waals surface area contributed by atoms with Crippen LogP contribution < -0.4 is 23.8 Å². The van der Waals surface area contributed by atoms with Crippen LogP contribution in [0.3, 0.4) is 0 Å². The molecule has 0 amide bonds. The molecule has 3 saturated heterocycles. The normalized spacial score (nSPS) is 20.0. The van der Waals surface area contributed by atoms with Crippen LogP contribution in [-0.2, 0) is 36.8 Å². The lowest BCUT2D eigenvalue weighted by Gasteiger charge is -2.39. The van der Waals surface area contributed by atoms with E-state index in [4.69, 9.17) is 76.0 Å². The van der Waals surface area contributed by atoms with Gasteiger partial charge in [0.2, 0.25) is 17.9 Å². The number of fused-ring (bicyclic) bond motifs is 7. The van der Waals surface area contributed by atoms with Gasteiger partial charge in [-0.05, 0) is 100 Å². The van der Waals surface area contributed by atoms with Crippen molar-refractivity contribution >= 4 is 56.7 Å². The fourth-order valence-electron chi connectivity index (χ4n) is 9.68. The predicted molar refractivity (Wildman–Crippen MR) is 285 cm³/mol. The van der Waals surface area contributed by atoms with Gasteiger partial charge >= 0.3 is 5.97 Å². The fourth-order valence-corrected chi connectivity index (χ4v) is 11.3. The SMILES string of the molecule is Cc1c(Cl)c2c(Cl)c(C)c1-c1c(-c3ccc(F)cc3)sc3ncnc(c13)O[C@@H](C(=O)OC(C)(C)C)Cc1cc(ccc1OCc1ccnc(N3CC(COC[C@@H]4COCCO4)C3)n1)OC[C@@H](CN1CCN(C)CC1)O2. The van der Waals surface area contributed by atoms with Gasteiger partial charge in [0.05, 0.1) is 54.2 Å². The minimum absolute atomic E-state index is 0.0192. The number of likely N-dealkylation sites (N-methyl/N-ethyl adjacent to an activating group) is 1. The maximum atomic E-state index is 14.6. The third kappa shape index (κ3) is 12.4. The van der Waals surface area contributed by atoms with Gasteiger partial charge in [-0.15, -0.1) is 11.3 Å². The van der Waals surface area contributed by atoms with Gasteiger partial charge in [0.15, 0.2) is 5.75 Å². The van der Waals surface area contributed by atoms with E-state index < -0.39 is 23.8 Å². The Bertz CT molecular complexity index is 2970. The van der Waals surface area contributed by atoms with Gasteiger partial charge in [-0.2, -0.15) is 0 Å². The Morgan fingerprint density at radius 1 is 0.893 bits per heavy atom. The lowest BCUT2D eigenvalue weighted by molar-refractivity contribution is -0.163. The van der Waals surface area contributed by atoms with Crippen molar-refractivity contribution in [3.63, 3.8) is 0 Å². The number of piperazine rings is 1. The van der Waals surface area contributed by atoms with Crippen molar-refractivity contribution in [3.05, 3.63) is 99.3 Å². The predicted octanol–water partition coefficient (Wildman–Crippen LogP) is 9.04. The third-order valence-electron chi connectivity index (χ3n) is 13.6. The molecule has 0 unspecified atom stereocenters. The Morgan fingerprint density at radius 3 is 2.40 bits per heavy atom. The smallest absolute Gasteiger partial charge is 0.348 e. The number of halogens is 3. The first kappa shape index (κ1) is 53.0. The molecule has 8 heterocycles. The molecule has 0 saturated carbocycles. The molecule has 5 aliphatic rings.